The molecule has 0 bridgehead atoms. The van der Waals surface area contributed by atoms with Crippen molar-refractivity contribution in [3.05, 3.63) is 28.2 Å². The molecule has 5 heteroatoms. The first-order chi connectivity index (χ1) is 9.13. The Labute approximate surface area is 122 Å². The Morgan fingerprint density at radius 3 is 3.05 bits per heavy atom. The lowest BCUT2D eigenvalue weighted by Crippen LogP contribution is -2.54. The van der Waals surface area contributed by atoms with E-state index >= 15 is 0 Å². The first-order valence-corrected chi connectivity index (χ1v) is 7.46. The van der Waals surface area contributed by atoms with E-state index in [-0.39, 0.29) is 11.9 Å². The number of nitrogens with zero attached hydrogens (tertiary/aromatic N) is 1. The molecule has 0 saturated carbocycles. The number of carbonyl (C=O) groups excluding carboxylic acids is 1. The minimum absolute atomic E-state index is 0.0978. The fourth-order valence-corrected chi connectivity index (χ4v) is 2.67. The molecule has 1 aromatic rings. The van der Waals surface area contributed by atoms with Gasteiger partial charge in [-0.1, -0.05) is 28.9 Å². The summed E-state index contributed by atoms with van der Waals surface area (Å²) in [7, 11) is 0. The summed E-state index contributed by atoms with van der Waals surface area (Å²) in [5.41, 5.74) is 2.37. The monoisotopic (exact) mass is 325 g/mol. The molecule has 0 aromatic heterocycles. The third-order valence-corrected chi connectivity index (χ3v) is 3.91. The number of rotatable bonds is 4. The topological polar surface area (TPSA) is 44.4 Å². The Hall–Kier alpha value is -1.07. The third-order valence-electron chi connectivity index (χ3n) is 3.42. The van der Waals surface area contributed by atoms with E-state index in [2.05, 4.69) is 50.5 Å². The molecule has 4 nitrogen and oxygen atoms in total. The predicted molar refractivity (Wildman–Crippen MR) is 81.3 cm³/mol. The lowest BCUT2D eigenvalue weighted by molar-refractivity contribution is -0.122. The van der Waals surface area contributed by atoms with E-state index < -0.39 is 0 Å². The van der Waals surface area contributed by atoms with Crippen molar-refractivity contribution in [2.24, 2.45) is 0 Å². The molecular formula is C14H20BrN3O. The van der Waals surface area contributed by atoms with Gasteiger partial charge < -0.3 is 15.5 Å². The van der Waals surface area contributed by atoms with Crippen LogP contribution in [0.15, 0.2) is 22.7 Å². The van der Waals surface area contributed by atoms with Crippen LogP contribution in [0.1, 0.15) is 19.4 Å². The summed E-state index contributed by atoms with van der Waals surface area (Å²) in [6, 6.07) is 6.14. The molecule has 2 N–H and O–H groups in total. The van der Waals surface area contributed by atoms with Gasteiger partial charge in [0, 0.05) is 29.8 Å². The highest BCUT2D eigenvalue weighted by Crippen LogP contribution is 2.27. The van der Waals surface area contributed by atoms with Gasteiger partial charge >= 0.3 is 0 Å². The summed E-state index contributed by atoms with van der Waals surface area (Å²) in [6.45, 7) is 7.36. The number of benzene rings is 1. The van der Waals surface area contributed by atoms with Crippen molar-refractivity contribution in [3.63, 3.8) is 0 Å². The van der Waals surface area contributed by atoms with Crippen LogP contribution < -0.4 is 15.5 Å². The van der Waals surface area contributed by atoms with Gasteiger partial charge in [-0.3, -0.25) is 4.79 Å². The molecule has 0 radical (unpaired) electrons. The van der Waals surface area contributed by atoms with E-state index in [9.17, 15) is 4.79 Å². The van der Waals surface area contributed by atoms with Crippen molar-refractivity contribution >= 4 is 27.5 Å². The predicted octanol–water partition coefficient (Wildman–Crippen LogP) is 1.88. The van der Waals surface area contributed by atoms with Crippen molar-refractivity contribution in [1.82, 2.24) is 10.6 Å². The van der Waals surface area contributed by atoms with Gasteiger partial charge in [-0.2, -0.15) is 0 Å². The largest absolute Gasteiger partial charge is 0.358 e. The number of amides is 1. The molecule has 104 valence electrons. The molecule has 0 spiro atoms. The van der Waals surface area contributed by atoms with Gasteiger partial charge in [0.25, 0.3) is 0 Å². The average molecular weight is 326 g/mol. The van der Waals surface area contributed by atoms with E-state index in [1.54, 1.807) is 0 Å². The Bertz CT molecular complexity index is 464. The molecule has 1 amide bonds. The standard InChI is InChI=1S/C14H20BrN3O/c1-3-16-9-11-4-5-12(15)8-13(11)18-7-6-17-14(19)10(18)2/h4-5,8,10,16H,3,6-7,9H2,1-2H3,(H,17,19). The highest BCUT2D eigenvalue weighted by atomic mass is 79.9. The first-order valence-electron chi connectivity index (χ1n) is 6.67. The van der Waals surface area contributed by atoms with Gasteiger partial charge in [0.15, 0.2) is 0 Å². The number of nitrogens with one attached hydrogen (secondary N) is 2. The fourth-order valence-electron chi connectivity index (χ4n) is 2.33. The van der Waals surface area contributed by atoms with E-state index in [1.807, 2.05) is 13.0 Å². The molecule has 1 unspecified atom stereocenters. The van der Waals surface area contributed by atoms with Crippen molar-refractivity contribution in [1.29, 1.82) is 0 Å². The smallest absolute Gasteiger partial charge is 0.242 e. The molecule has 1 fully saturated rings. The zero-order chi connectivity index (χ0) is 13.8. The van der Waals surface area contributed by atoms with Gasteiger partial charge in [0.05, 0.1) is 0 Å². The van der Waals surface area contributed by atoms with Crippen molar-refractivity contribution in [2.45, 2.75) is 26.4 Å². The maximum atomic E-state index is 11.8. The SMILES string of the molecule is CCNCc1ccc(Br)cc1N1CCNC(=O)C1C. The van der Waals surface area contributed by atoms with Crippen LogP contribution in [-0.2, 0) is 11.3 Å². The van der Waals surface area contributed by atoms with Crippen LogP contribution in [0.5, 0.6) is 0 Å². The average Bonchev–Trinajstić information content (AvgIpc) is 2.40. The van der Waals surface area contributed by atoms with Crippen molar-refractivity contribution in [2.75, 3.05) is 24.5 Å². The molecular weight excluding hydrogens is 306 g/mol. The third kappa shape index (κ3) is 3.28. The van der Waals surface area contributed by atoms with Crippen LogP contribution in [0.3, 0.4) is 0 Å². The van der Waals surface area contributed by atoms with Crippen LogP contribution in [0.2, 0.25) is 0 Å². The number of halogens is 1. The van der Waals surface area contributed by atoms with Gasteiger partial charge in [-0.25, -0.2) is 0 Å². The molecule has 0 aliphatic carbocycles. The van der Waals surface area contributed by atoms with Crippen LogP contribution in [0.4, 0.5) is 5.69 Å². The number of hydrogen-bond donors (Lipinski definition) is 2. The van der Waals surface area contributed by atoms with E-state index in [0.29, 0.717) is 6.54 Å². The maximum absolute atomic E-state index is 11.8. The van der Waals surface area contributed by atoms with Crippen LogP contribution >= 0.6 is 15.9 Å². The van der Waals surface area contributed by atoms with Crippen molar-refractivity contribution in [3.8, 4) is 0 Å². The quantitative estimate of drug-likeness (QED) is 0.888. The minimum Gasteiger partial charge on any atom is -0.358 e. The second kappa shape index (κ2) is 6.39. The van der Waals surface area contributed by atoms with E-state index in [1.165, 1.54) is 5.56 Å². The summed E-state index contributed by atoms with van der Waals surface area (Å²) in [5.74, 6) is 0.0978. The molecule has 1 aliphatic rings. The molecule has 1 aromatic carbocycles. The minimum atomic E-state index is -0.122. The second-order valence-electron chi connectivity index (χ2n) is 4.71. The van der Waals surface area contributed by atoms with Gasteiger partial charge in [0.1, 0.15) is 6.04 Å². The highest BCUT2D eigenvalue weighted by molar-refractivity contribution is 9.10. The normalized spacial score (nSPS) is 19.4. The van der Waals surface area contributed by atoms with Crippen LogP contribution in [-0.4, -0.2) is 31.6 Å². The molecule has 19 heavy (non-hydrogen) atoms. The Balaban J connectivity index is 2.30. The van der Waals surface area contributed by atoms with Gasteiger partial charge in [-0.15, -0.1) is 0 Å². The van der Waals surface area contributed by atoms with E-state index in [0.717, 1.165) is 29.8 Å². The molecule has 1 aliphatic heterocycles. The van der Waals surface area contributed by atoms with Crippen LogP contribution in [0.25, 0.3) is 0 Å². The molecule has 1 atom stereocenters. The zero-order valence-corrected chi connectivity index (χ0v) is 13.0. The summed E-state index contributed by atoms with van der Waals surface area (Å²) in [6.07, 6.45) is 0. The van der Waals surface area contributed by atoms with Crippen LogP contribution in [0, 0.1) is 0 Å². The maximum Gasteiger partial charge on any atom is 0.242 e. The summed E-state index contributed by atoms with van der Waals surface area (Å²) in [5, 5.41) is 6.25. The second-order valence-corrected chi connectivity index (χ2v) is 5.63. The Morgan fingerprint density at radius 1 is 1.53 bits per heavy atom. The summed E-state index contributed by atoms with van der Waals surface area (Å²) in [4.78, 5) is 14.0. The number of anilines is 1. The first kappa shape index (κ1) is 14.3. The van der Waals surface area contributed by atoms with E-state index in [4.69, 9.17) is 0 Å². The lowest BCUT2D eigenvalue weighted by atomic mass is 10.1. The Kier molecular flexibility index (Phi) is 4.82. The lowest BCUT2D eigenvalue weighted by Gasteiger charge is -2.36. The summed E-state index contributed by atoms with van der Waals surface area (Å²) < 4.78 is 1.04. The number of hydrogen-bond acceptors (Lipinski definition) is 3. The van der Waals surface area contributed by atoms with Crippen molar-refractivity contribution < 1.29 is 4.79 Å². The fraction of sp³-hybridized carbons (Fsp3) is 0.500. The zero-order valence-electron chi connectivity index (χ0n) is 11.4. The van der Waals surface area contributed by atoms with Gasteiger partial charge in [-0.05, 0) is 31.2 Å². The highest BCUT2D eigenvalue weighted by Gasteiger charge is 2.26. The number of carbonyl (C=O) groups is 1. The Morgan fingerprint density at radius 2 is 2.32 bits per heavy atom. The number of piperazine rings is 1. The molecule has 1 saturated heterocycles. The molecule has 2 rings (SSSR count). The summed E-state index contributed by atoms with van der Waals surface area (Å²) >= 11 is 3.52. The molecule has 1 heterocycles. The van der Waals surface area contributed by atoms with Gasteiger partial charge in [0.2, 0.25) is 5.91 Å².